The quantitative estimate of drug-likeness (QED) is 0.177. The van der Waals surface area contributed by atoms with Gasteiger partial charge in [-0.1, -0.05) is 47.6 Å². The second-order valence-electron chi connectivity index (χ2n) is 11.7. The molecule has 3 aromatic rings. The summed E-state index contributed by atoms with van der Waals surface area (Å²) < 4.78 is 6.05. The highest BCUT2D eigenvalue weighted by Crippen LogP contribution is 2.51. The number of rotatable bonds is 7. The summed E-state index contributed by atoms with van der Waals surface area (Å²) in [6.07, 6.45) is 4.00. The van der Waals surface area contributed by atoms with E-state index in [1.54, 1.807) is 12.1 Å². The number of phenolic OH excluding ortho intramolecular Hbond substituents is 1. The highest BCUT2D eigenvalue weighted by molar-refractivity contribution is 6.43. The number of para-hydroxylation sites is 1. The van der Waals surface area contributed by atoms with Gasteiger partial charge in [0, 0.05) is 11.4 Å². The second kappa shape index (κ2) is 11.6. The number of nitrogens with one attached hydrogen (secondary N) is 1. The number of benzene rings is 3. The third kappa shape index (κ3) is 5.52. The van der Waals surface area contributed by atoms with Gasteiger partial charge < -0.3 is 20.1 Å². The van der Waals surface area contributed by atoms with E-state index in [4.69, 9.17) is 4.65 Å². The van der Waals surface area contributed by atoms with Crippen LogP contribution in [0.5, 0.6) is 5.75 Å². The van der Waals surface area contributed by atoms with Gasteiger partial charge in [-0.2, -0.15) is 0 Å². The molecular weight excluding hydrogens is 527 g/mol. The van der Waals surface area contributed by atoms with Crippen molar-refractivity contribution in [3.8, 4) is 5.75 Å². The standard InChI is InChI=1S/C34H35BN2O5/c1-21(18-23-9-15-27(38)16-10-23)8-17-30-31-22(2)19-28-32(29(31)20-35(41)42-30)34(40)37(33(28)39)26-13-11-25(12-14-26)36-24-6-4-3-5-7-24/h3-7,9-16,18,28-30,32,36,38,41H,8,17,19-20H2,1-2H3/b21-18+/t28-,29+,30-,32-/m1/s1. The number of hydrogen-bond acceptors (Lipinski definition) is 6. The van der Waals surface area contributed by atoms with E-state index in [9.17, 15) is 19.7 Å². The number of amides is 2. The normalized spacial score (nSPS) is 24.1. The molecule has 7 nitrogen and oxygen atoms in total. The van der Waals surface area contributed by atoms with Gasteiger partial charge in [-0.3, -0.25) is 14.5 Å². The van der Waals surface area contributed by atoms with E-state index in [0.717, 1.165) is 40.1 Å². The number of fused-ring (bicyclic) bond motifs is 3. The van der Waals surface area contributed by atoms with Crippen LogP contribution in [0.1, 0.15) is 38.7 Å². The SMILES string of the molecule is CC1=C2[C@@H](CC/C(C)=C/c3ccc(O)cc3)OB(O)C[C@@H]2[C@@H]2C(=O)N(c3ccc(Nc4ccccc4)cc3)C(=O)[C@@H]2C1. The molecule has 3 N–H and O–H groups in total. The largest absolute Gasteiger partial charge is 0.508 e. The van der Waals surface area contributed by atoms with Crippen LogP contribution < -0.4 is 10.2 Å². The minimum atomic E-state index is -0.989. The van der Waals surface area contributed by atoms with Crippen molar-refractivity contribution >= 4 is 42.1 Å². The number of hydrogen-bond donors (Lipinski definition) is 3. The molecule has 42 heavy (non-hydrogen) atoms. The predicted octanol–water partition coefficient (Wildman–Crippen LogP) is 6.34. The van der Waals surface area contributed by atoms with E-state index < -0.39 is 19.0 Å². The van der Waals surface area contributed by atoms with Gasteiger partial charge in [-0.15, -0.1) is 0 Å². The van der Waals surface area contributed by atoms with Gasteiger partial charge in [-0.05, 0) is 105 Å². The molecule has 0 radical (unpaired) electrons. The minimum absolute atomic E-state index is 0.169. The molecule has 0 saturated carbocycles. The average molecular weight is 562 g/mol. The zero-order chi connectivity index (χ0) is 29.4. The van der Waals surface area contributed by atoms with Gasteiger partial charge >= 0.3 is 7.12 Å². The summed E-state index contributed by atoms with van der Waals surface area (Å²) in [6.45, 7) is 4.09. The van der Waals surface area contributed by atoms with E-state index in [1.807, 2.05) is 73.7 Å². The summed E-state index contributed by atoms with van der Waals surface area (Å²) >= 11 is 0. The van der Waals surface area contributed by atoms with Crippen LogP contribution in [-0.2, 0) is 14.2 Å². The highest BCUT2D eigenvalue weighted by atomic mass is 16.5. The molecule has 2 heterocycles. The first-order chi connectivity index (χ1) is 20.3. The topological polar surface area (TPSA) is 99.1 Å². The first kappa shape index (κ1) is 28.0. The maximum Gasteiger partial charge on any atom is 0.455 e. The lowest BCUT2D eigenvalue weighted by molar-refractivity contribution is -0.122. The summed E-state index contributed by atoms with van der Waals surface area (Å²) in [6, 6.07) is 24.2. The van der Waals surface area contributed by atoms with Gasteiger partial charge in [0.05, 0.1) is 23.6 Å². The number of nitrogens with zero attached hydrogens (tertiary/aromatic N) is 1. The molecule has 2 fully saturated rings. The third-order valence-corrected chi connectivity index (χ3v) is 8.75. The Kier molecular flexibility index (Phi) is 7.75. The third-order valence-electron chi connectivity index (χ3n) is 8.75. The molecule has 0 unspecified atom stereocenters. The first-order valence-electron chi connectivity index (χ1n) is 14.6. The lowest BCUT2D eigenvalue weighted by Crippen LogP contribution is -2.46. The Balaban J connectivity index is 1.19. The van der Waals surface area contributed by atoms with Crippen LogP contribution in [0.3, 0.4) is 0 Å². The van der Waals surface area contributed by atoms with E-state index in [2.05, 4.69) is 18.3 Å². The zero-order valence-electron chi connectivity index (χ0n) is 23.9. The Morgan fingerprint density at radius 2 is 1.67 bits per heavy atom. The molecule has 3 aliphatic rings. The van der Waals surface area contributed by atoms with Gasteiger partial charge in [0.25, 0.3) is 0 Å². The molecule has 2 saturated heterocycles. The fourth-order valence-electron chi connectivity index (χ4n) is 6.84. The molecule has 2 aliphatic heterocycles. The number of phenols is 1. The number of carbonyl (C=O) groups excluding carboxylic acids is 2. The van der Waals surface area contributed by atoms with E-state index >= 15 is 0 Å². The first-order valence-corrected chi connectivity index (χ1v) is 14.6. The molecule has 1 aliphatic carbocycles. The van der Waals surface area contributed by atoms with Crippen molar-refractivity contribution in [3.63, 3.8) is 0 Å². The van der Waals surface area contributed by atoms with Crippen LogP contribution in [0.15, 0.2) is 95.6 Å². The monoisotopic (exact) mass is 562 g/mol. The van der Waals surface area contributed by atoms with E-state index in [1.165, 1.54) is 4.90 Å². The Morgan fingerprint density at radius 3 is 2.38 bits per heavy atom. The molecule has 0 spiro atoms. The number of imide groups is 1. The lowest BCUT2D eigenvalue weighted by Gasteiger charge is -2.42. The van der Waals surface area contributed by atoms with Crippen LogP contribution in [0, 0.1) is 17.8 Å². The van der Waals surface area contributed by atoms with Crippen molar-refractivity contribution in [1.29, 1.82) is 0 Å². The number of carbonyl (C=O) groups is 2. The Hall–Kier alpha value is -4.14. The molecule has 8 heteroatoms. The van der Waals surface area contributed by atoms with Crippen LogP contribution in [0.25, 0.3) is 6.08 Å². The van der Waals surface area contributed by atoms with Crippen LogP contribution >= 0.6 is 0 Å². The summed E-state index contributed by atoms with van der Waals surface area (Å²) in [7, 11) is -0.989. The van der Waals surface area contributed by atoms with Crippen molar-refractivity contribution in [2.75, 3.05) is 10.2 Å². The fourth-order valence-corrected chi connectivity index (χ4v) is 6.84. The van der Waals surface area contributed by atoms with E-state index in [0.29, 0.717) is 24.8 Å². The predicted molar refractivity (Wildman–Crippen MR) is 165 cm³/mol. The molecule has 2 amide bonds. The number of anilines is 3. The highest BCUT2D eigenvalue weighted by Gasteiger charge is 2.57. The number of allylic oxidation sites excluding steroid dienone is 2. The minimum Gasteiger partial charge on any atom is -0.508 e. The summed E-state index contributed by atoms with van der Waals surface area (Å²) in [4.78, 5) is 28.9. The Bertz CT molecular complexity index is 1530. The summed E-state index contributed by atoms with van der Waals surface area (Å²) in [5, 5.41) is 23.6. The van der Waals surface area contributed by atoms with Crippen LogP contribution in [0.4, 0.5) is 17.1 Å². The lowest BCUT2D eigenvalue weighted by atomic mass is 9.59. The Labute approximate surface area is 246 Å². The van der Waals surface area contributed by atoms with Gasteiger partial charge in [0.1, 0.15) is 5.75 Å². The zero-order valence-corrected chi connectivity index (χ0v) is 23.9. The second-order valence-corrected chi connectivity index (χ2v) is 11.7. The molecule has 0 aromatic heterocycles. The smallest absolute Gasteiger partial charge is 0.455 e. The maximum absolute atomic E-state index is 13.9. The summed E-state index contributed by atoms with van der Waals surface area (Å²) in [5.74, 6) is -1.31. The summed E-state index contributed by atoms with van der Waals surface area (Å²) in [5.41, 5.74) is 6.70. The van der Waals surface area contributed by atoms with Gasteiger partial charge in [-0.25, -0.2) is 0 Å². The van der Waals surface area contributed by atoms with Crippen molar-refractivity contribution < 1.29 is 24.4 Å². The maximum atomic E-state index is 13.9. The average Bonchev–Trinajstić information content (AvgIpc) is 3.23. The van der Waals surface area contributed by atoms with Gasteiger partial charge in [0.2, 0.25) is 11.8 Å². The van der Waals surface area contributed by atoms with Crippen LogP contribution in [-0.4, -0.2) is 35.2 Å². The van der Waals surface area contributed by atoms with Crippen molar-refractivity contribution in [2.45, 2.75) is 45.5 Å². The fraction of sp³-hybridized carbons (Fsp3) is 0.294. The molecule has 6 rings (SSSR count). The Morgan fingerprint density at radius 1 is 0.976 bits per heavy atom. The van der Waals surface area contributed by atoms with E-state index in [-0.39, 0.29) is 29.6 Å². The molecule has 0 bridgehead atoms. The van der Waals surface area contributed by atoms with Gasteiger partial charge in [0.15, 0.2) is 0 Å². The molecule has 214 valence electrons. The molecule has 3 aromatic carbocycles. The van der Waals surface area contributed by atoms with Crippen molar-refractivity contribution in [1.82, 2.24) is 0 Å². The number of aromatic hydroxyl groups is 1. The molecular formula is C34H35BN2O5. The molecule has 4 atom stereocenters. The van der Waals surface area contributed by atoms with Crippen molar-refractivity contribution in [2.24, 2.45) is 17.8 Å². The van der Waals surface area contributed by atoms with Crippen LogP contribution in [0.2, 0.25) is 6.32 Å². The van der Waals surface area contributed by atoms with Crippen molar-refractivity contribution in [3.05, 3.63) is 101 Å².